The molecular weight excluding hydrogens is 342 g/mol. The summed E-state index contributed by atoms with van der Waals surface area (Å²) in [5.74, 6) is -1.88. The normalized spacial score (nSPS) is 10.4. The fraction of sp³-hybridized carbons (Fsp3) is 0.133. The fourth-order valence-electron chi connectivity index (χ4n) is 1.84. The molecule has 0 spiro atoms. The van der Waals surface area contributed by atoms with Crippen LogP contribution >= 0.6 is 15.9 Å². The number of hydrogen-bond acceptors (Lipinski definition) is 2. The lowest BCUT2D eigenvalue weighted by molar-refractivity contribution is -0.116. The number of benzene rings is 2. The van der Waals surface area contributed by atoms with Gasteiger partial charge in [-0.1, -0.05) is 12.1 Å². The van der Waals surface area contributed by atoms with Crippen molar-refractivity contribution in [3.63, 3.8) is 0 Å². The maximum Gasteiger partial charge on any atom is 0.224 e. The fourth-order valence-corrected chi connectivity index (χ4v) is 2.18. The number of aryl methyl sites for hydroxylation is 1. The number of halogens is 3. The lowest BCUT2D eigenvalue weighted by Gasteiger charge is -2.08. The average Bonchev–Trinajstić information content (AvgIpc) is 2.43. The van der Waals surface area contributed by atoms with Crippen molar-refractivity contribution in [2.24, 2.45) is 0 Å². The highest BCUT2D eigenvalue weighted by Crippen LogP contribution is 2.23. The van der Waals surface area contributed by atoms with E-state index in [4.69, 9.17) is 5.73 Å². The molecule has 0 bridgehead atoms. The molecular formula is C15H13BrF2N2O. The minimum Gasteiger partial charge on any atom is -0.399 e. The van der Waals surface area contributed by atoms with E-state index >= 15 is 0 Å². The zero-order chi connectivity index (χ0) is 15.4. The number of nitrogens with two attached hydrogens (primary N) is 1. The number of rotatable bonds is 4. The Kier molecular flexibility index (Phi) is 4.90. The van der Waals surface area contributed by atoms with Gasteiger partial charge in [-0.3, -0.25) is 4.79 Å². The average molecular weight is 355 g/mol. The number of nitrogens with one attached hydrogen (secondary N) is 1. The monoisotopic (exact) mass is 354 g/mol. The number of nitrogen functional groups attached to an aromatic ring is 1. The van der Waals surface area contributed by atoms with Gasteiger partial charge in [-0.15, -0.1) is 0 Å². The van der Waals surface area contributed by atoms with E-state index < -0.39 is 11.6 Å². The van der Waals surface area contributed by atoms with Crippen LogP contribution in [0.4, 0.5) is 20.2 Å². The van der Waals surface area contributed by atoms with E-state index in [0.29, 0.717) is 12.1 Å². The lowest BCUT2D eigenvalue weighted by Crippen LogP contribution is -2.13. The number of anilines is 2. The standard InChI is InChI=1S/C15H13BrF2N2O/c16-11-7-14(13(18)8-12(11)17)20-15(21)5-4-9-2-1-3-10(19)6-9/h1-3,6-8H,4-5,19H2,(H,20,21). The van der Waals surface area contributed by atoms with E-state index in [9.17, 15) is 13.6 Å². The molecule has 0 radical (unpaired) electrons. The number of hydrogen-bond donors (Lipinski definition) is 2. The molecule has 3 nitrogen and oxygen atoms in total. The maximum absolute atomic E-state index is 13.5. The van der Waals surface area contributed by atoms with Crippen molar-refractivity contribution in [1.29, 1.82) is 0 Å². The van der Waals surface area contributed by atoms with Crippen molar-refractivity contribution in [3.05, 3.63) is 58.1 Å². The van der Waals surface area contributed by atoms with Crippen molar-refractivity contribution in [2.45, 2.75) is 12.8 Å². The second-order valence-corrected chi connectivity index (χ2v) is 5.39. The molecule has 0 heterocycles. The van der Waals surface area contributed by atoms with E-state index in [1.165, 1.54) is 6.07 Å². The summed E-state index contributed by atoms with van der Waals surface area (Å²) in [6.07, 6.45) is 0.665. The van der Waals surface area contributed by atoms with Crippen LogP contribution < -0.4 is 11.1 Å². The summed E-state index contributed by atoms with van der Waals surface area (Å²) in [4.78, 5) is 11.8. The zero-order valence-corrected chi connectivity index (χ0v) is 12.6. The summed E-state index contributed by atoms with van der Waals surface area (Å²) >= 11 is 2.95. The van der Waals surface area contributed by atoms with Crippen molar-refractivity contribution in [1.82, 2.24) is 0 Å². The van der Waals surface area contributed by atoms with Crippen molar-refractivity contribution in [2.75, 3.05) is 11.1 Å². The number of amides is 1. The van der Waals surface area contributed by atoms with Gasteiger partial charge in [0.05, 0.1) is 10.2 Å². The van der Waals surface area contributed by atoms with Gasteiger partial charge in [-0.2, -0.15) is 0 Å². The van der Waals surface area contributed by atoms with Gasteiger partial charge in [0, 0.05) is 18.2 Å². The van der Waals surface area contributed by atoms with Crippen molar-refractivity contribution in [3.8, 4) is 0 Å². The highest BCUT2D eigenvalue weighted by Gasteiger charge is 2.11. The topological polar surface area (TPSA) is 55.1 Å². The van der Waals surface area contributed by atoms with E-state index in [1.54, 1.807) is 18.2 Å². The number of carbonyl (C=O) groups is 1. The van der Waals surface area contributed by atoms with Gasteiger partial charge < -0.3 is 11.1 Å². The molecule has 110 valence electrons. The Hall–Kier alpha value is -1.95. The molecule has 2 rings (SSSR count). The second kappa shape index (κ2) is 6.67. The second-order valence-electron chi connectivity index (χ2n) is 4.54. The van der Waals surface area contributed by atoms with Gasteiger partial charge in [0.2, 0.25) is 5.91 Å². The summed E-state index contributed by atoms with van der Waals surface area (Å²) in [7, 11) is 0. The molecule has 0 saturated heterocycles. The highest BCUT2D eigenvalue weighted by atomic mass is 79.9. The molecule has 2 aromatic rings. The van der Waals surface area contributed by atoms with Crippen LogP contribution in [0.2, 0.25) is 0 Å². The van der Waals surface area contributed by atoms with Crippen molar-refractivity contribution >= 4 is 33.2 Å². The Morgan fingerprint density at radius 1 is 1.19 bits per heavy atom. The third-order valence-electron chi connectivity index (χ3n) is 2.88. The first-order valence-corrected chi connectivity index (χ1v) is 7.04. The quantitative estimate of drug-likeness (QED) is 0.646. The molecule has 0 saturated carbocycles. The Morgan fingerprint density at radius 3 is 2.67 bits per heavy atom. The smallest absolute Gasteiger partial charge is 0.224 e. The molecule has 0 aliphatic rings. The lowest BCUT2D eigenvalue weighted by atomic mass is 10.1. The molecule has 0 atom stereocenters. The first-order chi connectivity index (χ1) is 9.95. The van der Waals surface area contributed by atoms with Gasteiger partial charge in [-0.05, 0) is 46.1 Å². The van der Waals surface area contributed by atoms with Crippen LogP contribution in [-0.4, -0.2) is 5.91 Å². The first-order valence-electron chi connectivity index (χ1n) is 6.24. The molecule has 2 aromatic carbocycles. The van der Waals surface area contributed by atoms with Crippen LogP contribution in [0.25, 0.3) is 0 Å². The summed E-state index contributed by atoms with van der Waals surface area (Å²) in [6.45, 7) is 0. The van der Waals surface area contributed by atoms with Gasteiger partial charge in [0.15, 0.2) is 0 Å². The van der Waals surface area contributed by atoms with Gasteiger partial charge in [-0.25, -0.2) is 8.78 Å². The molecule has 21 heavy (non-hydrogen) atoms. The molecule has 0 fully saturated rings. The summed E-state index contributed by atoms with van der Waals surface area (Å²) in [5, 5.41) is 2.42. The predicted octanol–water partition coefficient (Wildman–Crippen LogP) is 3.88. The van der Waals surface area contributed by atoms with Crippen LogP contribution in [-0.2, 0) is 11.2 Å². The highest BCUT2D eigenvalue weighted by molar-refractivity contribution is 9.10. The van der Waals surface area contributed by atoms with E-state index in [1.807, 2.05) is 6.07 Å². The molecule has 1 amide bonds. The molecule has 0 aliphatic carbocycles. The van der Waals surface area contributed by atoms with Gasteiger partial charge in [0.1, 0.15) is 11.6 Å². The molecule has 0 aromatic heterocycles. The molecule has 0 unspecified atom stereocenters. The summed E-state index contributed by atoms with van der Waals surface area (Å²) in [5.41, 5.74) is 7.14. The van der Waals surface area contributed by atoms with Crippen LogP contribution in [0, 0.1) is 11.6 Å². The first kappa shape index (κ1) is 15.4. The summed E-state index contributed by atoms with van der Waals surface area (Å²) in [6, 6.07) is 9.12. The van der Waals surface area contributed by atoms with E-state index in [-0.39, 0.29) is 22.5 Å². The maximum atomic E-state index is 13.5. The van der Waals surface area contributed by atoms with Crippen LogP contribution in [0.15, 0.2) is 40.9 Å². The van der Waals surface area contributed by atoms with E-state index in [2.05, 4.69) is 21.2 Å². The van der Waals surface area contributed by atoms with Crippen LogP contribution in [0.5, 0.6) is 0 Å². The third-order valence-corrected chi connectivity index (χ3v) is 3.48. The largest absolute Gasteiger partial charge is 0.399 e. The SMILES string of the molecule is Nc1cccc(CCC(=O)Nc2cc(Br)c(F)cc2F)c1. The molecule has 6 heteroatoms. The van der Waals surface area contributed by atoms with E-state index in [0.717, 1.165) is 11.6 Å². The van der Waals surface area contributed by atoms with Crippen LogP contribution in [0.3, 0.4) is 0 Å². The Balaban J connectivity index is 1.97. The number of carbonyl (C=O) groups excluding carboxylic acids is 1. The van der Waals surface area contributed by atoms with Gasteiger partial charge >= 0.3 is 0 Å². The Labute approximate surface area is 129 Å². The minimum atomic E-state index is -0.812. The van der Waals surface area contributed by atoms with Gasteiger partial charge in [0.25, 0.3) is 0 Å². The molecule has 0 aliphatic heterocycles. The third kappa shape index (κ3) is 4.26. The Morgan fingerprint density at radius 2 is 1.95 bits per heavy atom. The van der Waals surface area contributed by atoms with Crippen LogP contribution in [0.1, 0.15) is 12.0 Å². The predicted molar refractivity (Wildman–Crippen MR) is 81.9 cm³/mol. The zero-order valence-electron chi connectivity index (χ0n) is 11.0. The summed E-state index contributed by atoms with van der Waals surface area (Å²) < 4.78 is 26.7. The van der Waals surface area contributed by atoms with Crippen molar-refractivity contribution < 1.29 is 13.6 Å². The minimum absolute atomic E-state index is 0.0548. The molecule has 3 N–H and O–H groups in total. The Bertz CT molecular complexity index is 677.